The van der Waals surface area contributed by atoms with Crippen LogP contribution in [0.2, 0.25) is 0 Å². The Morgan fingerprint density at radius 2 is 2.00 bits per heavy atom. The number of hydrogen-bond donors (Lipinski definition) is 0. The van der Waals surface area contributed by atoms with Gasteiger partial charge in [0.25, 0.3) is 0 Å². The van der Waals surface area contributed by atoms with E-state index in [1.54, 1.807) is 12.1 Å². The van der Waals surface area contributed by atoms with Gasteiger partial charge in [0.05, 0.1) is 17.6 Å². The highest BCUT2D eigenvalue weighted by Crippen LogP contribution is 2.73. The lowest BCUT2D eigenvalue weighted by molar-refractivity contribution is -0.215. The van der Waals surface area contributed by atoms with Crippen molar-refractivity contribution in [1.29, 1.82) is 0 Å². The zero-order chi connectivity index (χ0) is 15.7. The van der Waals surface area contributed by atoms with Gasteiger partial charge in [-0.25, -0.2) is 0 Å². The fourth-order valence-corrected chi connectivity index (χ4v) is 6.56. The van der Waals surface area contributed by atoms with E-state index in [-0.39, 0.29) is 47.5 Å². The van der Waals surface area contributed by atoms with Crippen LogP contribution in [0, 0.1) is 24.2 Å². The third-order valence-corrected chi connectivity index (χ3v) is 7.36. The molecule has 0 aromatic heterocycles. The minimum Gasteiger partial charge on any atom is -0.459 e. The molecule has 3 heterocycles. The van der Waals surface area contributed by atoms with Crippen LogP contribution in [-0.2, 0) is 20.7 Å². The summed E-state index contributed by atoms with van der Waals surface area (Å²) in [7, 11) is 0. The Morgan fingerprint density at radius 3 is 2.83 bits per heavy atom. The predicted molar refractivity (Wildman–Crippen MR) is 81.1 cm³/mol. The monoisotopic (exact) mass is 310 g/mol. The summed E-state index contributed by atoms with van der Waals surface area (Å²) < 4.78 is 12.3. The first kappa shape index (κ1) is 12.7. The summed E-state index contributed by atoms with van der Waals surface area (Å²) in [6, 6.07) is 3.52. The average Bonchev–Trinajstić information content (AvgIpc) is 2.95. The fourth-order valence-electron chi connectivity index (χ4n) is 6.56. The minimum absolute atomic E-state index is 0.00826. The van der Waals surface area contributed by atoms with Gasteiger partial charge in [0.15, 0.2) is 5.43 Å². The molecular weight excluding hydrogens is 292 g/mol. The van der Waals surface area contributed by atoms with Gasteiger partial charge in [-0.3, -0.25) is 9.59 Å². The smallest absolute Gasteiger partial charge is 0.313 e. The average molecular weight is 310 g/mol. The minimum atomic E-state index is -0.444. The van der Waals surface area contributed by atoms with Crippen LogP contribution < -0.4 is 5.43 Å². The molecule has 1 saturated carbocycles. The van der Waals surface area contributed by atoms with Crippen LogP contribution in [0.25, 0.3) is 0 Å². The molecule has 3 saturated heterocycles. The van der Waals surface area contributed by atoms with Crippen LogP contribution in [-0.4, -0.2) is 18.2 Å². The van der Waals surface area contributed by atoms with E-state index in [0.29, 0.717) is 0 Å². The van der Waals surface area contributed by atoms with Crippen molar-refractivity contribution in [1.82, 2.24) is 0 Å². The SMILES string of the molecule is Cc1cc(=O)cc2c3c1C1O[C@H]4C5OC(=O)[C@](CC2)(C3C15)C4C. The summed E-state index contributed by atoms with van der Waals surface area (Å²) in [5, 5.41) is 0. The summed E-state index contributed by atoms with van der Waals surface area (Å²) in [6.07, 6.45) is 1.47. The lowest BCUT2D eigenvalue weighted by Gasteiger charge is -2.57. The number of rotatable bonds is 0. The van der Waals surface area contributed by atoms with E-state index in [0.717, 1.165) is 24.0 Å². The van der Waals surface area contributed by atoms with E-state index in [1.165, 1.54) is 11.1 Å². The van der Waals surface area contributed by atoms with Gasteiger partial charge < -0.3 is 9.47 Å². The number of aryl methyl sites for hydroxylation is 2. The third kappa shape index (κ3) is 1.11. The summed E-state index contributed by atoms with van der Waals surface area (Å²) in [6.45, 7) is 4.17. The highest BCUT2D eigenvalue weighted by molar-refractivity contribution is 5.83. The van der Waals surface area contributed by atoms with E-state index in [4.69, 9.17) is 9.47 Å². The maximum atomic E-state index is 12.9. The van der Waals surface area contributed by atoms with Crippen molar-refractivity contribution < 1.29 is 14.3 Å². The molecule has 7 atom stereocenters. The summed E-state index contributed by atoms with van der Waals surface area (Å²) in [5.74, 6) is 0.594. The van der Waals surface area contributed by atoms with Crippen molar-refractivity contribution in [2.75, 3.05) is 0 Å². The van der Waals surface area contributed by atoms with E-state index < -0.39 is 5.41 Å². The van der Waals surface area contributed by atoms with Crippen LogP contribution in [0.15, 0.2) is 16.9 Å². The van der Waals surface area contributed by atoms with Gasteiger partial charge in [0, 0.05) is 17.8 Å². The van der Waals surface area contributed by atoms with Crippen LogP contribution >= 0.6 is 0 Å². The normalized spacial score (nSPS) is 47.0. The second-order valence-corrected chi connectivity index (χ2v) is 8.00. The number of hydrogen-bond acceptors (Lipinski definition) is 4. The molecule has 1 spiro atoms. The molecule has 3 aliphatic carbocycles. The van der Waals surface area contributed by atoms with Crippen LogP contribution in [0.5, 0.6) is 0 Å². The van der Waals surface area contributed by atoms with Gasteiger partial charge in [0.1, 0.15) is 6.10 Å². The highest BCUT2D eigenvalue weighted by Gasteiger charge is 2.76. The van der Waals surface area contributed by atoms with Crippen molar-refractivity contribution in [3.05, 3.63) is 44.6 Å². The molecule has 7 rings (SSSR count). The highest BCUT2D eigenvalue weighted by atomic mass is 16.6. The fraction of sp³-hybridized carbons (Fsp3) is 0.579. The molecule has 3 aliphatic heterocycles. The molecule has 6 aliphatic rings. The molecule has 0 amide bonds. The lowest BCUT2D eigenvalue weighted by Crippen LogP contribution is -2.64. The van der Waals surface area contributed by atoms with Gasteiger partial charge in [0.2, 0.25) is 0 Å². The quantitative estimate of drug-likeness (QED) is 0.688. The Morgan fingerprint density at radius 1 is 1.17 bits per heavy atom. The lowest BCUT2D eigenvalue weighted by atomic mass is 9.50. The molecule has 1 aromatic rings. The topological polar surface area (TPSA) is 52.6 Å². The molecule has 4 heteroatoms. The summed E-state index contributed by atoms with van der Waals surface area (Å²) in [4.78, 5) is 25.0. The second-order valence-electron chi connectivity index (χ2n) is 8.00. The number of ether oxygens (including phenoxy) is 2. The van der Waals surface area contributed by atoms with Crippen molar-refractivity contribution >= 4 is 5.97 Å². The third-order valence-electron chi connectivity index (χ3n) is 7.36. The van der Waals surface area contributed by atoms with E-state index in [9.17, 15) is 9.59 Å². The Balaban J connectivity index is 1.78. The van der Waals surface area contributed by atoms with Gasteiger partial charge in [-0.2, -0.15) is 0 Å². The van der Waals surface area contributed by atoms with Gasteiger partial charge in [-0.1, -0.05) is 6.92 Å². The molecule has 23 heavy (non-hydrogen) atoms. The molecule has 0 N–H and O–H groups in total. The molecule has 4 bridgehead atoms. The van der Waals surface area contributed by atoms with Crippen LogP contribution in [0.3, 0.4) is 0 Å². The van der Waals surface area contributed by atoms with Gasteiger partial charge in [-0.15, -0.1) is 0 Å². The Bertz CT molecular complexity index is 859. The number of carbonyl (C=O) groups excluding carboxylic acids is 1. The predicted octanol–water partition coefficient (Wildman–Crippen LogP) is 2.02. The summed E-state index contributed by atoms with van der Waals surface area (Å²) in [5.41, 5.74) is 4.19. The molecule has 0 radical (unpaired) electrons. The Kier molecular flexibility index (Phi) is 1.95. The van der Waals surface area contributed by atoms with Crippen LogP contribution in [0.4, 0.5) is 0 Å². The largest absolute Gasteiger partial charge is 0.459 e. The molecule has 4 nitrogen and oxygen atoms in total. The number of fused-ring (bicyclic) bond motifs is 2. The number of carbonyl (C=O) groups is 1. The molecule has 1 aromatic carbocycles. The zero-order valence-electron chi connectivity index (χ0n) is 13.2. The summed E-state index contributed by atoms with van der Waals surface area (Å²) >= 11 is 0. The van der Waals surface area contributed by atoms with E-state index >= 15 is 0 Å². The van der Waals surface area contributed by atoms with E-state index in [2.05, 4.69) is 6.92 Å². The van der Waals surface area contributed by atoms with Gasteiger partial charge in [-0.05, 0) is 54.2 Å². The van der Waals surface area contributed by atoms with Crippen LogP contribution in [0.1, 0.15) is 47.6 Å². The first-order valence-corrected chi connectivity index (χ1v) is 8.58. The van der Waals surface area contributed by atoms with Gasteiger partial charge >= 0.3 is 5.97 Å². The molecule has 5 unspecified atom stereocenters. The molecule has 118 valence electrons. The maximum absolute atomic E-state index is 12.9. The van der Waals surface area contributed by atoms with Crippen molar-refractivity contribution in [2.45, 2.75) is 50.9 Å². The van der Waals surface area contributed by atoms with E-state index in [1.807, 2.05) is 6.92 Å². The zero-order valence-corrected chi connectivity index (χ0v) is 13.2. The number of esters is 1. The first-order chi connectivity index (χ1) is 11.0. The Hall–Kier alpha value is -1.68. The standard InChI is InChI=1S/C19H18O4/c1-7-5-10(20)6-9-3-4-19-8(2)15-17(23-18(19)21)13-14(19)12(9)11(7)16(13)22-15/h5-6,8,13-17H,3-4H2,1-2H3/t8?,13?,14?,15-,16?,17?,19+/m1/s1. The molecular formula is C19H18O4. The van der Waals surface area contributed by atoms with Crippen molar-refractivity contribution in [3.8, 4) is 0 Å². The van der Waals surface area contributed by atoms with Crippen molar-refractivity contribution in [3.63, 3.8) is 0 Å². The van der Waals surface area contributed by atoms with Crippen molar-refractivity contribution in [2.24, 2.45) is 17.3 Å². The first-order valence-electron chi connectivity index (χ1n) is 8.58. The maximum Gasteiger partial charge on any atom is 0.313 e. The second kappa shape index (κ2) is 3.54. The Labute approximate surface area is 133 Å². The molecule has 4 fully saturated rings.